The van der Waals surface area contributed by atoms with Gasteiger partial charge < -0.3 is 10.4 Å². The molecule has 0 bridgehead atoms. The van der Waals surface area contributed by atoms with Gasteiger partial charge in [0.1, 0.15) is 0 Å². The molecule has 2 N–H and O–H groups in total. The molecule has 0 heterocycles. The van der Waals surface area contributed by atoms with Crippen LogP contribution in [0, 0.1) is 0 Å². The minimum absolute atomic E-state index is 0.198. The maximum atomic E-state index is 10.7. The predicted molar refractivity (Wildman–Crippen MR) is 46.9 cm³/mol. The molecule has 72 valence electrons. The Morgan fingerprint density at radius 3 is 2.46 bits per heavy atom. The van der Waals surface area contributed by atoms with Crippen molar-refractivity contribution in [3.8, 4) is 0 Å². The summed E-state index contributed by atoms with van der Waals surface area (Å²) in [6.45, 7) is 1.39. The number of nitrogens with one attached hydrogen (secondary N) is 1. The Hall–Kier alpha value is -1.32. The molecule has 0 aromatic carbocycles. The van der Waals surface area contributed by atoms with Gasteiger partial charge in [-0.05, 0) is 25.7 Å². The Kier molecular flexibility index (Phi) is 3.06. The van der Waals surface area contributed by atoms with E-state index in [2.05, 4.69) is 5.32 Å². The molecule has 0 aromatic heterocycles. The van der Waals surface area contributed by atoms with Crippen LogP contribution in [-0.2, 0) is 9.59 Å². The van der Waals surface area contributed by atoms with E-state index in [0.29, 0.717) is 24.1 Å². The molecule has 4 nitrogen and oxygen atoms in total. The lowest BCUT2D eigenvalue weighted by molar-refractivity contribution is -0.133. The third kappa shape index (κ3) is 2.57. The number of carbonyl (C=O) groups is 2. The predicted octanol–water partition coefficient (Wildman–Crippen LogP) is 1.04. The van der Waals surface area contributed by atoms with E-state index in [0.717, 1.165) is 12.8 Å². The molecule has 4 heteroatoms. The molecule has 0 unspecified atom stereocenters. The van der Waals surface area contributed by atoms with Crippen molar-refractivity contribution in [1.82, 2.24) is 5.32 Å². The zero-order valence-corrected chi connectivity index (χ0v) is 7.59. The van der Waals surface area contributed by atoms with Gasteiger partial charge in [0.2, 0.25) is 5.91 Å². The highest BCUT2D eigenvalue weighted by molar-refractivity contribution is 5.89. The van der Waals surface area contributed by atoms with Crippen molar-refractivity contribution in [3.63, 3.8) is 0 Å². The van der Waals surface area contributed by atoms with Gasteiger partial charge in [-0.25, -0.2) is 4.79 Å². The SMILES string of the molecule is CC(=O)NC1=C(C(=O)O)CCCC1. The van der Waals surface area contributed by atoms with Crippen molar-refractivity contribution >= 4 is 11.9 Å². The number of hydrogen-bond donors (Lipinski definition) is 2. The van der Waals surface area contributed by atoms with Gasteiger partial charge in [0.25, 0.3) is 0 Å². The summed E-state index contributed by atoms with van der Waals surface area (Å²) < 4.78 is 0. The van der Waals surface area contributed by atoms with Gasteiger partial charge in [0.05, 0.1) is 5.57 Å². The van der Waals surface area contributed by atoms with E-state index in [1.807, 2.05) is 0 Å². The smallest absolute Gasteiger partial charge is 0.333 e. The van der Waals surface area contributed by atoms with Crippen molar-refractivity contribution in [2.45, 2.75) is 32.6 Å². The molecule has 0 fully saturated rings. The molecule has 0 saturated carbocycles. The maximum absolute atomic E-state index is 10.7. The molecule has 1 rings (SSSR count). The summed E-state index contributed by atoms with van der Waals surface area (Å²) in [6.07, 6.45) is 3.07. The lowest BCUT2D eigenvalue weighted by Crippen LogP contribution is -2.24. The minimum Gasteiger partial charge on any atom is -0.478 e. The molecule has 0 saturated heterocycles. The zero-order chi connectivity index (χ0) is 9.84. The molecule has 0 aromatic rings. The third-order valence-corrected chi connectivity index (χ3v) is 2.05. The van der Waals surface area contributed by atoms with Crippen LogP contribution in [0.15, 0.2) is 11.3 Å². The van der Waals surface area contributed by atoms with Gasteiger partial charge in [-0.2, -0.15) is 0 Å². The van der Waals surface area contributed by atoms with E-state index in [9.17, 15) is 9.59 Å². The fourth-order valence-corrected chi connectivity index (χ4v) is 1.49. The van der Waals surface area contributed by atoms with Crippen LogP contribution in [-0.4, -0.2) is 17.0 Å². The lowest BCUT2D eigenvalue weighted by atomic mass is 9.96. The number of rotatable bonds is 2. The Bertz CT molecular complexity index is 268. The fraction of sp³-hybridized carbons (Fsp3) is 0.556. The molecule has 0 radical (unpaired) electrons. The van der Waals surface area contributed by atoms with Crippen molar-refractivity contribution < 1.29 is 14.7 Å². The second kappa shape index (κ2) is 4.07. The fourth-order valence-electron chi connectivity index (χ4n) is 1.49. The Labute approximate surface area is 76.6 Å². The second-order valence-corrected chi connectivity index (χ2v) is 3.15. The van der Waals surface area contributed by atoms with Crippen LogP contribution in [0.25, 0.3) is 0 Å². The van der Waals surface area contributed by atoms with Gasteiger partial charge in [0, 0.05) is 12.6 Å². The van der Waals surface area contributed by atoms with Crippen molar-refractivity contribution in [3.05, 3.63) is 11.3 Å². The minimum atomic E-state index is -0.913. The standard InChI is InChI=1S/C9H13NO3/c1-6(11)10-8-5-3-2-4-7(8)9(12)13/h2-5H2,1H3,(H,10,11)(H,12,13). The zero-order valence-electron chi connectivity index (χ0n) is 7.59. The Morgan fingerprint density at radius 1 is 1.31 bits per heavy atom. The normalized spacial score (nSPS) is 17.0. The monoisotopic (exact) mass is 183 g/mol. The quantitative estimate of drug-likeness (QED) is 0.672. The number of carboxylic acid groups (broad SMARTS) is 1. The number of carbonyl (C=O) groups excluding carboxylic acids is 1. The molecule has 0 atom stereocenters. The van der Waals surface area contributed by atoms with Crippen LogP contribution in [0.3, 0.4) is 0 Å². The van der Waals surface area contributed by atoms with E-state index < -0.39 is 5.97 Å². The van der Waals surface area contributed by atoms with Gasteiger partial charge >= 0.3 is 5.97 Å². The first-order chi connectivity index (χ1) is 6.11. The van der Waals surface area contributed by atoms with E-state index in [1.165, 1.54) is 6.92 Å². The summed E-state index contributed by atoms with van der Waals surface area (Å²) in [5.41, 5.74) is 0.952. The van der Waals surface area contributed by atoms with Gasteiger partial charge in [-0.15, -0.1) is 0 Å². The van der Waals surface area contributed by atoms with E-state index >= 15 is 0 Å². The van der Waals surface area contributed by atoms with Crippen LogP contribution in [0.2, 0.25) is 0 Å². The molecule has 13 heavy (non-hydrogen) atoms. The maximum Gasteiger partial charge on any atom is 0.333 e. The topological polar surface area (TPSA) is 66.4 Å². The van der Waals surface area contributed by atoms with Crippen LogP contribution >= 0.6 is 0 Å². The molecular formula is C9H13NO3. The second-order valence-electron chi connectivity index (χ2n) is 3.15. The van der Waals surface area contributed by atoms with Crippen molar-refractivity contribution in [2.75, 3.05) is 0 Å². The molecule has 1 aliphatic carbocycles. The molecular weight excluding hydrogens is 170 g/mol. The summed E-state index contributed by atoms with van der Waals surface area (Å²) >= 11 is 0. The van der Waals surface area contributed by atoms with Gasteiger partial charge in [-0.3, -0.25) is 4.79 Å². The first-order valence-electron chi connectivity index (χ1n) is 4.34. The summed E-state index contributed by atoms with van der Waals surface area (Å²) in [7, 11) is 0. The molecule has 1 amide bonds. The first-order valence-corrected chi connectivity index (χ1v) is 4.34. The van der Waals surface area contributed by atoms with Crippen LogP contribution in [0.1, 0.15) is 32.6 Å². The largest absolute Gasteiger partial charge is 0.478 e. The van der Waals surface area contributed by atoms with E-state index in [-0.39, 0.29) is 5.91 Å². The Balaban J connectivity index is 2.83. The van der Waals surface area contributed by atoms with E-state index in [1.54, 1.807) is 0 Å². The Morgan fingerprint density at radius 2 is 1.92 bits per heavy atom. The van der Waals surface area contributed by atoms with Gasteiger partial charge in [-0.1, -0.05) is 0 Å². The summed E-state index contributed by atoms with van der Waals surface area (Å²) in [5.74, 6) is -1.11. The molecule has 0 aliphatic heterocycles. The first kappa shape index (κ1) is 9.77. The number of hydrogen-bond acceptors (Lipinski definition) is 2. The van der Waals surface area contributed by atoms with Crippen LogP contribution in [0.4, 0.5) is 0 Å². The summed E-state index contributed by atoms with van der Waals surface area (Å²) in [4.78, 5) is 21.5. The highest BCUT2D eigenvalue weighted by Crippen LogP contribution is 2.22. The third-order valence-electron chi connectivity index (χ3n) is 2.05. The number of amides is 1. The molecule has 0 spiro atoms. The summed E-state index contributed by atoms with van der Waals surface area (Å²) in [6, 6.07) is 0. The average Bonchev–Trinajstić information content (AvgIpc) is 2.03. The number of allylic oxidation sites excluding steroid dienone is 1. The van der Waals surface area contributed by atoms with Crippen LogP contribution in [0.5, 0.6) is 0 Å². The highest BCUT2D eigenvalue weighted by atomic mass is 16.4. The van der Waals surface area contributed by atoms with Gasteiger partial charge in [0.15, 0.2) is 0 Å². The van der Waals surface area contributed by atoms with Crippen molar-refractivity contribution in [1.29, 1.82) is 0 Å². The van der Waals surface area contributed by atoms with E-state index in [4.69, 9.17) is 5.11 Å². The number of carboxylic acids is 1. The summed E-state index contributed by atoms with van der Waals surface area (Å²) in [5, 5.41) is 11.4. The lowest BCUT2D eigenvalue weighted by Gasteiger charge is -2.17. The van der Waals surface area contributed by atoms with Crippen LogP contribution < -0.4 is 5.32 Å². The molecule has 1 aliphatic rings. The highest BCUT2D eigenvalue weighted by Gasteiger charge is 2.18. The van der Waals surface area contributed by atoms with Crippen molar-refractivity contribution in [2.24, 2.45) is 0 Å². The average molecular weight is 183 g/mol. The number of aliphatic carboxylic acids is 1.